The topological polar surface area (TPSA) is 56.0 Å². The molecule has 0 spiro atoms. The normalized spacial score (nSPS) is 10.5. The Kier molecular flexibility index (Phi) is 2.81. The second kappa shape index (κ2) is 4.09. The van der Waals surface area contributed by atoms with E-state index in [2.05, 4.69) is 27.6 Å². The average molecular weight is 314 g/mol. The van der Waals surface area contributed by atoms with E-state index in [1.807, 2.05) is 12.1 Å². The van der Waals surface area contributed by atoms with Gasteiger partial charge in [0, 0.05) is 21.6 Å². The maximum atomic E-state index is 11.0. The zero-order valence-electron chi connectivity index (χ0n) is 7.68. The van der Waals surface area contributed by atoms with Crippen LogP contribution in [0.1, 0.15) is 5.56 Å². The minimum absolute atomic E-state index is 0.127. The minimum atomic E-state index is -0.358. The third kappa shape index (κ3) is 1.79. The Morgan fingerprint density at radius 3 is 2.87 bits per heavy atom. The molecule has 0 fully saturated rings. The summed E-state index contributed by atoms with van der Waals surface area (Å²) in [5, 5.41) is 11.8. The van der Waals surface area contributed by atoms with Gasteiger partial charge >= 0.3 is 0 Å². The van der Waals surface area contributed by atoms with Gasteiger partial charge in [0.2, 0.25) is 0 Å². The first kappa shape index (κ1) is 10.3. The molecule has 0 bridgehead atoms. The minimum Gasteiger partial charge on any atom is -0.258 e. The second-order valence-electron chi connectivity index (χ2n) is 3.04. The molecule has 0 aliphatic heterocycles. The summed E-state index contributed by atoms with van der Waals surface area (Å²) in [6.07, 6.45) is 1.58. The molecule has 0 radical (unpaired) electrons. The van der Waals surface area contributed by atoms with Crippen molar-refractivity contribution in [2.45, 2.75) is 4.43 Å². The van der Waals surface area contributed by atoms with E-state index in [0.29, 0.717) is 15.5 Å². The monoisotopic (exact) mass is 314 g/mol. The zero-order chi connectivity index (χ0) is 10.8. The van der Waals surface area contributed by atoms with Gasteiger partial charge in [-0.05, 0) is 6.07 Å². The van der Waals surface area contributed by atoms with E-state index in [4.69, 9.17) is 0 Å². The highest BCUT2D eigenvalue weighted by molar-refractivity contribution is 14.1. The van der Waals surface area contributed by atoms with Crippen LogP contribution in [0.4, 0.5) is 5.69 Å². The van der Waals surface area contributed by atoms with Gasteiger partial charge in [0.25, 0.3) is 5.69 Å². The summed E-state index contributed by atoms with van der Waals surface area (Å²) in [6.45, 7) is 0. The van der Waals surface area contributed by atoms with Crippen LogP contribution in [0.2, 0.25) is 0 Å². The van der Waals surface area contributed by atoms with Crippen molar-refractivity contribution in [3.8, 4) is 0 Å². The van der Waals surface area contributed by atoms with Gasteiger partial charge in [-0.3, -0.25) is 10.1 Å². The number of fused-ring (bicyclic) bond motifs is 1. The number of benzene rings is 1. The lowest BCUT2D eigenvalue weighted by Gasteiger charge is -2.02. The first-order chi connectivity index (χ1) is 7.24. The highest BCUT2D eigenvalue weighted by atomic mass is 127. The van der Waals surface area contributed by atoms with E-state index in [0.717, 1.165) is 5.39 Å². The molecule has 1 aromatic carbocycles. The van der Waals surface area contributed by atoms with Crippen LogP contribution in [-0.4, -0.2) is 9.91 Å². The number of halogens is 1. The molecule has 0 saturated carbocycles. The summed E-state index contributed by atoms with van der Waals surface area (Å²) < 4.78 is 0.612. The Hall–Kier alpha value is -1.24. The Balaban J connectivity index is 2.85. The molecule has 2 rings (SSSR count). The predicted octanol–water partition coefficient (Wildman–Crippen LogP) is 3.08. The van der Waals surface area contributed by atoms with Crippen LogP contribution >= 0.6 is 22.6 Å². The first-order valence-electron chi connectivity index (χ1n) is 4.31. The van der Waals surface area contributed by atoms with Crippen LogP contribution in [0.3, 0.4) is 0 Å². The van der Waals surface area contributed by atoms with Gasteiger partial charge in [0.05, 0.1) is 4.92 Å². The number of nitro groups is 1. The maximum Gasteiger partial charge on any atom is 0.299 e. The van der Waals surface area contributed by atoms with Crippen LogP contribution in [-0.2, 0) is 4.43 Å². The fraction of sp³-hybridized carbons (Fsp3) is 0.100. The van der Waals surface area contributed by atoms with Crippen LogP contribution < -0.4 is 0 Å². The van der Waals surface area contributed by atoms with Gasteiger partial charge in [-0.25, -0.2) is 4.98 Å². The van der Waals surface area contributed by atoms with E-state index in [-0.39, 0.29) is 10.6 Å². The van der Waals surface area contributed by atoms with Crippen molar-refractivity contribution in [1.29, 1.82) is 0 Å². The molecule has 0 saturated heterocycles. The largest absolute Gasteiger partial charge is 0.299 e. The van der Waals surface area contributed by atoms with E-state index >= 15 is 0 Å². The van der Waals surface area contributed by atoms with Crippen molar-refractivity contribution >= 4 is 39.2 Å². The van der Waals surface area contributed by atoms with Gasteiger partial charge < -0.3 is 0 Å². The number of hydrogen-bond acceptors (Lipinski definition) is 3. The summed E-state index contributed by atoms with van der Waals surface area (Å²) in [5.41, 5.74) is 1.31. The van der Waals surface area contributed by atoms with Crippen molar-refractivity contribution in [3.63, 3.8) is 0 Å². The number of rotatable bonds is 2. The number of alkyl halides is 1. The van der Waals surface area contributed by atoms with Gasteiger partial charge in [0.15, 0.2) is 0 Å². The molecule has 2 aromatic rings. The summed E-state index contributed by atoms with van der Waals surface area (Å²) in [4.78, 5) is 14.7. The molecule has 0 aliphatic rings. The SMILES string of the molecule is O=[N+]([O-])c1c(CI)ccc2cccnc12. The Morgan fingerprint density at radius 1 is 1.40 bits per heavy atom. The van der Waals surface area contributed by atoms with Crippen LogP contribution in [0.15, 0.2) is 30.5 Å². The third-order valence-electron chi connectivity index (χ3n) is 2.16. The molecule has 0 aliphatic carbocycles. The van der Waals surface area contributed by atoms with E-state index in [1.165, 1.54) is 0 Å². The van der Waals surface area contributed by atoms with Gasteiger partial charge in [-0.15, -0.1) is 0 Å². The van der Waals surface area contributed by atoms with Crippen LogP contribution in [0.5, 0.6) is 0 Å². The van der Waals surface area contributed by atoms with Gasteiger partial charge in [0.1, 0.15) is 5.52 Å². The number of nitrogens with zero attached hydrogens (tertiary/aromatic N) is 2. The van der Waals surface area contributed by atoms with Crippen molar-refractivity contribution < 1.29 is 4.92 Å². The fourth-order valence-corrected chi connectivity index (χ4v) is 2.10. The molecular weight excluding hydrogens is 307 g/mol. The molecule has 0 atom stereocenters. The summed E-state index contributed by atoms with van der Waals surface area (Å²) in [7, 11) is 0. The zero-order valence-corrected chi connectivity index (χ0v) is 9.84. The van der Waals surface area contributed by atoms with Crippen molar-refractivity contribution in [3.05, 3.63) is 46.1 Å². The maximum absolute atomic E-state index is 11.0. The molecule has 0 unspecified atom stereocenters. The van der Waals surface area contributed by atoms with Crippen molar-refractivity contribution in [1.82, 2.24) is 4.98 Å². The van der Waals surface area contributed by atoms with Gasteiger partial charge in [-0.1, -0.05) is 40.8 Å². The Morgan fingerprint density at radius 2 is 2.20 bits per heavy atom. The van der Waals surface area contributed by atoms with E-state index in [9.17, 15) is 10.1 Å². The van der Waals surface area contributed by atoms with Crippen LogP contribution in [0.25, 0.3) is 10.9 Å². The van der Waals surface area contributed by atoms with Crippen LogP contribution in [0, 0.1) is 10.1 Å². The number of hydrogen-bond donors (Lipinski definition) is 0. The third-order valence-corrected chi connectivity index (χ3v) is 2.98. The number of nitro benzene ring substituents is 1. The molecule has 5 heteroatoms. The number of pyridine rings is 1. The molecule has 76 valence electrons. The van der Waals surface area contributed by atoms with E-state index in [1.54, 1.807) is 18.3 Å². The lowest BCUT2D eigenvalue weighted by atomic mass is 10.1. The number of aromatic nitrogens is 1. The summed E-state index contributed by atoms with van der Waals surface area (Å²) >= 11 is 2.11. The highest BCUT2D eigenvalue weighted by Crippen LogP contribution is 2.29. The molecule has 0 N–H and O–H groups in total. The van der Waals surface area contributed by atoms with Crippen molar-refractivity contribution in [2.75, 3.05) is 0 Å². The molecule has 15 heavy (non-hydrogen) atoms. The molecule has 1 heterocycles. The average Bonchev–Trinajstić information content (AvgIpc) is 2.27. The summed E-state index contributed by atoms with van der Waals surface area (Å²) in [6, 6.07) is 7.25. The lowest BCUT2D eigenvalue weighted by Crippen LogP contribution is -1.96. The van der Waals surface area contributed by atoms with Gasteiger partial charge in [-0.2, -0.15) is 0 Å². The first-order valence-corrected chi connectivity index (χ1v) is 5.83. The Labute approximate surface area is 99.6 Å². The highest BCUT2D eigenvalue weighted by Gasteiger charge is 2.17. The predicted molar refractivity (Wildman–Crippen MR) is 66.1 cm³/mol. The van der Waals surface area contributed by atoms with Crippen molar-refractivity contribution in [2.24, 2.45) is 0 Å². The smallest absolute Gasteiger partial charge is 0.258 e. The molecule has 0 amide bonds. The Bertz CT molecular complexity index is 528. The molecular formula is C10H7IN2O2. The molecule has 4 nitrogen and oxygen atoms in total. The second-order valence-corrected chi connectivity index (χ2v) is 3.80. The lowest BCUT2D eigenvalue weighted by molar-refractivity contribution is -0.383. The standard InChI is InChI=1S/C10H7IN2O2/c11-6-8-4-3-7-2-1-5-12-9(7)10(8)13(14)15/h1-5H,6H2. The fourth-order valence-electron chi connectivity index (χ4n) is 1.48. The van der Waals surface area contributed by atoms with E-state index < -0.39 is 0 Å². The summed E-state index contributed by atoms with van der Waals surface area (Å²) in [5.74, 6) is 0. The molecule has 1 aromatic heterocycles. The quantitative estimate of drug-likeness (QED) is 0.370.